The molecular formula is C34H58S2. The largest absolute Gasteiger partial charge is 0.139 e. The van der Waals surface area contributed by atoms with Crippen molar-refractivity contribution in [2.45, 2.75) is 169 Å². The summed E-state index contributed by atoms with van der Waals surface area (Å²) < 4.78 is 0. The van der Waals surface area contributed by atoms with Gasteiger partial charge < -0.3 is 0 Å². The van der Waals surface area contributed by atoms with Gasteiger partial charge in [0.25, 0.3) is 0 Å². The minimum atomic E-state index is 1.27. The van der Waals surface area contributed by atoms with E-state index in [0.29, 0.717) is 0 Å². The Hall–Kier alpha value is -0.600. The second kappa shape index (κ2) is 20.4. The van der Waals surface area contributed by atoms with Crippen LogP contribution >= 0.6 is 22.7 Å². The molecular weight excluding hydrogens is 473 g/mol. The zero-order valence-electron chi connectivity index (χ0n) is 24.5. The summed E-state index contributed by atoms with van der Waals surface area (Å²) in [5, 5.41) is 0. The van der Waals surface area contributed by atoms with Gasteiger partial charge in [-0.2, -0.15) is 0 Å². The highest BCUT2D eigenvalue weighted by atomic mass is 32.1. The Morgan fingerprint density at radius 1 is 0.417 bits per heavy atom. The van der Waals surface area contributed by atoms with E-state index in [9.17, 15) is 0 Å². The molecule has 0 radical (unpaired) electrons. The summed E-state index contributed by atoms with van der Waals surface area (Å²) in [5.41, 5.74) is 3.22. The molecule has 0 bridgehead atoms. The lowest BCUT2D eigenvalue weighted by molar-refractivity contribution is 0.556. The van der Waals surface area contributed by atoms with E-state index in [0.717, 1.165) is 0 Å². The van der Waals surface area contributed by atoms with E-state index < -0.39 is 0 Å². The van der Waals surface area contributed by atoms with Crippen LogP contribution in [0.5, 0.6) is 0 Å². The van der Waals surface area contributed by atoms with Gasteiger partial charge >= 0.3 is 0 Å². The van der Waals surface area contributed by atoms with E-state index in [2.05, 4.69) is 39.8 Å². The maximum Gasteiger partial charge on any atom is 0.0448 e. The maximum atomic E-state index is 2.52. The van der Waals surface area contributed by atoms with Gasteiger partial charge in [0.1, 0.15) is 0 Å². The number of unbranched alkanes of at least 4 members (excludes halogenated alkanes) is 18. The van der Waals surface area contributed by atoms with Crippen LogP contribution in [0.1, 0.15) is 163 Å². The third kappa shape index (κ3) is 13.3. The van der Waals surface area contributed by atoms with Crippen LogP contribution in [0.25, 0.3) is 9.75 Å². The number of aryl methyl sites for hydroxylation is 4. The lowest BCUT2D eigenvalue weighted by Gasteiger charge is -2.02. The highest BCUT2D eigenvalue weighted by Crippen LogP contribution is 2.38. The van der Waals surface area contributed by atoms with Crippen LogP contribution in [0.15, 0.2) is 12.1 Å². The third-order valence-electron chi connectivity index (χ3n) is 7.88. The van der Waals surface area contributed by atoms with Gasteiger partial charge in [-0.25, -0.2) is 0 Å². The van der Waals surface area contributed by atoms with Crippen LogP contribution in [0.3, 0.4) is 0 Å². The van der Waals surface area contributed by atoms with Crippen molar-refractivity contribution in [1.82, 2.24) is 0 Å². The van der Waals surface area contributed by atoms with Crippen LogP contribution < -0.4 is 0 Å². The molecule has 2 aromatic rings. The Kier molecular flexibility index (Phi) is 17.9. The first-order valence-corrected chi connectivity index (χ1v) is 17.5. The Labute approximate surface area is 233 Å². The number of hydrogen-bond donors (Lipinski definition) is 0. The SMILES string of the molecule is CCCCCCCCCCCCc1cc(-c2cc(CCCCCCCCCCCC)c(C)s2)sc1C. The molecule has 0 N–H and O–H groups in total. The number of rotatable bonds is 23. The van der Waals surface area contributed by atoms with Gasteiger partial charge in [-0.15, -0.1) is 22.7 Å². The predicted octanol–water partition coefficient (Wildman–Crippen LogP) is 13.0. The van der Waals surface area contributed by atoms with Gasteiger partial charge in [-0.05, 0) is 62.8 Å². The Morgan fingerprint density at radius 3 is 1.00 bits per heavy atom. The van der Waals surface area contributed by atoms with Crippen molar-refractivity contribution in [1.29, 1.82) is 0 Å². The zero-order valence-corrected chi connectivity index (χ0v) is 26.2. The van der Waals surface area contributed by atoms with Gasteiger partial charge in [-0.3, -0.25) is 0 Å². The quantitative estimate of drug-likeness (QED) is 0.125. The molecule has 0 spiro atoms. The Bertz CT molecular complexity index is 715. The fourth-order valence-corrected chi connectivity index (χ4v) is 7.60. The first kappa shape index (κ1) is 31.6. The van der Waals surface area contributed by atoms with Gasteiger partial charge in [0, 0.05) is 19.5 Å². The molecule has 36 heavy (non-hydrogen) atoms. The first-order valence-electron chi connectivity index (χ1n) is 15.8. The van der Waals surface area contributed by atoms with Crippen LogP contribution in [-0.2, 0) is 12.8 Å². The Morgan fingerprint density at radius 2 is 0.694 bits per heavy atom. The molecule has 2 heteroatoms. The molecule has 0 saturated heterocycles. The highest BCUT2D eigenvalue weighted by Gasteiger charge is 2.12. The molecule has 0 unspecified atom stereocenters. The van der Waals surface area contributed by atoms with E-state index in [1.54, 1.807) is 20.9 Å². The summed E-state index contributed by atoms with van der Waals surface area (Å²) in [5.74, 6) is 0. The van der Waals surface area contributed by atoms with Gasteiger partial charge in [0.15, 0.2) is 0 Å². The van der Waals surface area contributed by atoms with E-state index >= 15 is 0 Å². The van der Waals surface area contributed by atoms with Crippen molar-refractivity contribution in [3.05, 3.63) is 33.0 Å². The molecule has 2 aromatic heterocycles. The Balaban J connectivity index is 1.62. The molecule has 0 aliphatic carbocycles. The topological polar surface area (TPSA) is 0 Å². The van der Waals surface area contributed by atoms with Gasteiger partial charge in [0.05, 0.1) is 0 Å². The van der Waals surface area contributed by atoms with Crippen molar-refractivity contribution in [3.63, 3.8) is 0 Å². The van der Waals surface area contributed by atoms with Gasteiger partial charge in [0.2, 0.25) is 0 Å². The van der Waals surface area contributed by atoms with Crippen molar-refractivity contribution in [2.75, 3.05) is 0 Å². The average molecular weight is 531 g/mol. The molecule has 206 valence electrons. The zero-order chi connectivity index (χ0) is 25.8. The fraction of sp³-hybridized carbons (Fsp3) is 0.765. The molecule has 0 nitrogen and oxygen atoms in total. The van der Waals surface area contributed by atoms with Crippen LogP contribution in [0, 0.1) is 13.8 Å². The van der Waals surface area contributed by atoms with Crippen LogP contribution in [0.4, 0.5) is 0 Å². The van der Waals surface area contributed by atoms with E-state index in [-0.39, 0.29) is 0 Å². The predicted molar refractivity (Wildman–Crippen MR) is 168 cm³/mol. The summed E-state index contributed by atoms with van der Waals surface area (Å²) in [6.07, 6.45) is 31.0. The fourth-order valence-electron chi connectivity index (χ4n) is 5.38. The van der Waals surface area contributed by atoms with Crippen molar-refractivity contribution in [3.8, 4) is 9.75 Å². The highest BCUT2D eigenvalue weighted by molar-refractivity contribution is 7.22. The number of thiophene rings is 2. The summed E-state index contributed by atoms with van der Waals surface area (Å²) in [6, 6.07) is 5.03. The van der Waals surface area contributed by atoms with E-state index in [1.165, 1.54) is 151 Å². The van der Waals surface area contributed by atoms with E-state index in [4.69, 9.17) is 0 Å². The summed E-state index contributed by atoms with van der Waals surface area (Å²) in [6.45, 7) is 9.28. The minimum absolute atomic E-state index is 1.27. The molecule has 0 saturated carbocycles. The number of hydrogen-bond acceptors (Lipinski definition) is 2. The van der Waals surface area contributed by atoms with E-state index in [1.807, 2.05) is 22.7 Å². The molecule has 0 aliphatic rings. The summed E-state index contributed by atoms with van der Waals surface area (Å²) in [4.78, 5) is 6.11. The molecule has 0 aliphatic heterocycles. The lowest BCUT2D eigenvalue weighted by Crippen LogP contribution is -1.86. The van der Waals surface area contributed by atoms with Crippen molar-refractivity contribution >= 4 is 22.7 Å². The monoisotopic (exact) mass is 530 g/mol. The molecule has 0 aromatic carbocycles. The third-order valence-corrected chi connectivity index (χ3v) is 10.3. The van der Waals surface area contributed by atoms with Crippen LogP contribution in [0.2, 0.25) is 0 Å². The van der Waals surface area contributed by atoms with Crippen molar-refractivity contribution in [2.24, 2.45) is 0 Å². The molecule has 0 fully saturated rings. The molecule has 0 atom stereocenters. The lowest BCUT2D eigenvalue weighted by atomic mass is 10.0. The smallest absolute Gasteiger partial charge is 0.0448 e. The van der Waals surface area contributed by atoms with Gasteiger partial charge in [-0.1, -0.05) is 129 Å². The minimum Gasteiger partial charge on any atom is -0.139 e. The standard InChI is InChI=1S/C34H58S2/c1-5-7-9-11-13-15-17-19-21-23-25-31-27-33(35-29(31)3)34-28-32(30(4)36-34)26-24-22-20-18-16-14-12-10-8-6-2/h27-28H,5-26H2,1-4H3. The maximum absolute atomic E-state index is 2.52. The average Bonchev–Trinajstić information content (AvgIpc) is 3.43. The second-order valence-corrected chi connectivity index (χ2v) is 13.8. The van der Waals surface area contributed by atoms with Crippen LogP contribution in [-0.4, -0.2) is 0 Å². The first-order chi connectivity index (χ1) is 17.7. The van der Waals surface area contributed by atoms with Crippen molar-refractivity contribution < 1.29 is 0 Å². The molecule has 0 amide bonds. The molecule has 2 heterocycles. The summed E-state index contributed by atoms with van der Waals surface area (Å²) in [7, 11) is 0. The second-order valence-electron chi connectivity index (χ2n) is 11.2. The molecule has 2 rings (SSSR count). The summed E-state index contributed by atoms with van der Waals surface area (Å²) >= 11 is 4.05. The normalized spacial score (nSPS) is 11.6.